The van der Waals surface area contributed by atoms with Gasteiger partial charge in [0.1, 0.15) is 16.8 Å². The Hall–Kier alpha value is -3.03. The molecule has 0 aliphatic rings. The molecule has 0 spiro atoms. The van der Waals surface area contributed by atoms with Gasteiger partial charge in [-0.25, -0.2) is 0 Å². The van der Waals surface area contributed by atoms with Crippen LogP contribution < -0.4 is 10.1 Å². The first-order valence-electron chi connectivity index (χ1n) is 7.55. The molecule has 1 heterocycles. The molecule has 1 N–H and O–H groups in total. The lowest BCUT2D eigenvalue weighted by atomic mass is 10.1. The molecular weight excluding hydrogens is 316 g/mol. The maximum Gasteiger partial charge on any atom is 0.119 e. The zero-order valence-electron chi connectivity index (χ0n) is 13.0. The summed E-state index contributed by atoms with van der Waals surface area (Å²) < 4.78 is 6.32. The van der Waals surface area contributed by atoms with Crippen molar-refractivity contribution in [2.75, 3.05) is 12.4 Å². The van der Waals surface area contributed by atoms with Crippen LogP contribution in [-0.2, 0) is 0 Å². The van der Waals surface area contributed by atoms with Crippen LogP contribution in [0.5, 0.6) is 5.75 Å². The van der Waals surface area contributed by atoms with Gasteiger partial charge in [0.05, 0.1) is 12.7 Å². The van der Waals surface area contributed by atoms with Crippen molar-refractivity contribution in [1.82, 2.24) is 0 Å². The van der Waals surface area contributed by atoms with Gasteiger partial charge >= 0.3 is 0 Å². The fraction of sp³-hybridized carbons (Fsp3) is 0.0500. The van der Waals surface area contributed by atoms with Gasteiger partial charge in [-0.2, -0.15) is 5.26 Å². The SMILES string of the molecule is COc1ccc(Nc2sc3c(ccc4ccccc43)c2C#N)cc1. The van der Waals surface area contributed by atoms with E-state index in [1.54, 1.807) is 18.4 Å². The zero-order valence-corrected chi connectivity index (χ0v) is 13.9. The van der Waals surface area contributed by atoms with Gasteiger partial charge in [-0.15, -0.1) is 11.3 Å². The first kappa shape index (κ1) is 14.6. The Morgan fingerprint density at radius 2 is 1.75 bits per heavy atom. The van der Waals surface area contributed by atoms with E-state index in [1.165, 1.54) is 10.8 Å². The second-order valence-electron chi connectivity index (χ2n) is 5.43. The number of hydrogen-bond acceptors (Lipinski definition) is 4. The molecule has 0 atom stereocenters. The molecule has 0 saturated carbocycles. The van der Waals surface area contributed by atoms with E-state index in [-0.39, 0.29) is 0 Å². The third-order valence-corrected chi connectivity index (χ3v) is 5.19. The number of anilines is 2. The van der Waals surface area contributed by atoms with Crippen LogP contribution in [0.25, 0.3) is 20.9 Å². The highest BCUT2D eigenvalue weighted by Gasteiger charge is 2.14. The second-order valence-corrected chi connectivity index (χ2v) is 6.46. The lowest BCUT2D eigenvalue weighted by Crippen LogP contribution is -1.90. The molecule has 4 heteroatoms. The standard InChI is InChI=1S/C20H14N2OS/c1-23-15-9-7-14(8-10-15)22-20-18(12-21)17-11-6-13-4-2-3-5-16(13)19(17)24-20/h2-11,22H,1H3. The number of benzene rings is 3. The van der Waals surface area contributed by atoms with E-state index in [1.807, 2.05) is 42.5 Å². The molecule has 0 saturated heterocycles. The molecule has 116 valence electrons. The predicted octanol–water partition coefficient (Wildman–Crippen LogP) is 5.68. The summed E-state index contributed by atoms with van der Waals surface area (Å²) in [6.45, 7) is 0. The largest absolute Gasteiger partial charge is 0.497 e. The van der Waals surface area contributed by atoms with E-state index in [4.69, 9.17) is 4.74 Å². The lowest BCUT2D eigenvalue weighted by Gasteiger charge is -2.05. The van der Waals surface area contributed by atoms with Crippen molar-refractivity contribution in [3.8, 4) is 11.8 Å². The third kappa shape index (κ3) is 2.36. The smallest absolute Gasteiger partial charge is 0.119 e. The van der Waals surface area contributed by atoms with Gasteiger partial charge in [0.15, 0.2) is 0 Å². The van der Waals surface area contributed by atoms with Crippen molar-refractivity contribution >= 4 is 42.9 Å². The van der Waals surface area contributed by atoms with E-state index >= 15 is 0 Å². The quantitative estimate of drug-likeness (QED) is 0.526. The summed E-state index contributed by atoms with van der Waals surface area (Å²) in [5, 5.41) is 17.2. The molecule has 0 aliphatic heterocycles. The minimum Gasteiger partial charge on any atom is -0.497 e. The van der Waals surface area contributed by atoms with Crippen LogP contribution in [0.2, 0.25) is 0 Å². The average molecular weight is 330 g/mol. The predicted molar refractivity (Wildman–Crippen MR) is 100 cm³/mol. The minimum absolute atomic E-state index is 0.691. The van der Waals surface area contributed by atoms with Crippen molar-refractivity contribution in [2.45, 2.75) is 0 Å². The van der Waals surface area contributed by atoms with Crippen LogP contribution >= 0.6 is 11.3 Å². The van der Waals surface area contributed by atoms with Gasteiger partial charge in [-0.1, -0.05) is 36.4 Å². The van der Waals surface area contributed by atoms with Crippen molar-refractivity contribution in [3.05, 3.63) is 66.2 Å². The Morgan fingerprint density at radius 1 is 0.958 bits per heavy atom. The molecule has 0 amide bonds. The molecule has 0 unspecified atom stereocenters. The van der Waals surface area contributed by atoms with E-state index in [0.29, 0.717) is 5.56 Å². The van der Waals surface area contributed by atoms with Crippen LogP contribution in [0.4, 0.5) is 10.7 Å². The van der Waals surface area contributed by atoms with E-state index in [9.17, 15) is 5.26 Å². The summed E-state index contributed by atoms with van der Waals surface area (Å²) in [5.74, 6) is 0.809. The van der Waals surface area contributed by atoms with Crippen molar-refractivity contribution in [1.29, 1.82) is 5.26 Å². The molecule has 0 fully saturated rings. The normalized spacial score (nSPS) is 10.7. The monoisotopic (exact) mass is 330 g/mol. The fourth-order valence-corrected chi connectivity index (χ4v) is 4.04. The molecule has 24 heavy (non-hydrogen) atoms. The molecule has 1 aromatic heterocycles. The molecule has 0 aliphatic carbocycles. The van der Waals surface area contributed by atoms with Gasteiger partial charge in [0.2, 0.25) is 0 Å². The maximum absolute atomic E-state index is 9.63. The van der Waals surface area contributed by atoms with E-state index in [0.717, 1.165) is 26.5 Å². The fourth-order valence-electron chi connectivity index (χ4n) is 2.83. The summed E-state index contributed by atoms with van der Waals surface area (Å²) in [7, 11) is 1.65. The molecule has 3 nitrogen and oxygen atoms in total. The molecule has 4 aromatic rings. The number of rotatable bonds is 3. The van der Waals surface area contributed by atoms with E-state index < -0.39 is 0 Å². The summed E-state index contributed by atoms with van der Waals surface area (Å²) in [6.07, 6.45) is 0. The van der Waals surface area contributed by atoms with Gasteiger partial charge < -0.3 is 10.1 Å². The molecule has 0 radical (unpaired) electrons. The number of fused-ring (bicyclic) bond motifs is 3. The van der Waals surface area contributed by atoms with Crippen molar-refractivity contribution in [3.63, 3.8) is 0 Å². The maximum atomic E-state index is 9.63. The molecular formula is C20H14N2OS. The second kappa shape index (κ2) is 5.88. The Balaban J connectivity index is 1.85. The zero-order chi connectivity index (χ0) is 16.5. The molecule has 3 aromatic carbocycles. The van der Waals surface area contributed by atoms with E-state index in [2.05, 4.69) is 29.6 Å². The summed E-state index contributed by atoms with van der Waals surface area (Å²) in [5.41, 5.74) is 1.62. The van der Waals surface area contributed by atoms with Crippen LogP contribution in [0.1, 0.15) is 5.56 Å². The lowest BCUT2D eigenvalue weighted by molar-refractivity contribution is 0.415. The first-order chi connectivity index (χ1) is 11.8. The summed E-state index contributed by atoms with van der Waals surface area (Å²) >= 11 is 1.62. The highest BCUT2D eigenvalue weighted by molar-refractivity contribution is 7.24. The Labute approximate surface area is 143 Å². The van der Waals surface area contributed by atoms with Gasteiger partial charge in [0, 0.05) is 15.8 Å². The van der Waals surface area contributed by atoms with Crippen LogP contribution in [0.3, 0.4) is 0 Å². The Bertz CT molecular complexity index is 1070. The topological polar surface area (TPSA) is 45.0 Å². The minimum atomic E-state index is 0.691. The number of hydrogen-bond donors (Lipinski definition) is 1. The Kier molecular flexibility index (Phi) is 3.56. The number of thiophene rings is 1. The molecule has 0 bridgehead atoms. The van der Waals surface area contributed by atoms with Gasteiger partial charge in [0.25, 0.3) is 0 Å². The number of nitriles is 1. The number of nitrogens with one attached hydrogen (secondary N) is 1. The number of ether oxygens (including phenoxy) is 1. The summed E-state index contributed by atoms with van der Waals surface area (Å²) in [6, 6.07) is 22.4. The van der Waals surface area contributed by atoms with Crippen molar-refractivity contribution in [2.24, 2.45) is 0 Å². The third-order valence-electron chi connectivity index (χ3n) is 4.04. The van der Waals surface area contributed by atoms with Crippen LogP contribution in [0, 0.1) is 11.3 Å². The Morgan fingerprint density at radius 3 is 2.50 bits per heavy atom. The molecule has 4 rings (SSSR count). The van der Waals surface area contributed by atoms with Crippen molar-refractivity contribution < 1.29 is 4.74 Å². The summed E-state index contributed by atoms with van der Waals surface area (Å²) in [4.78, 5) is 0. The first-order valence-corrected chi connectivity index (χ1v) is 8.37. The van der Waals surface area contributed by atoms with Gasteiger partial charge in [-0.3, -0.25) is 0 Å². The number of methoxy groups -OCH3 is 1. The van der Waals surface area contributed by atoms with Crippen LogP contribution in [0.15, 0.2) is 60.7 Å². The van der Waals surface area contributed by atoms with Gasteiger partial charge in [-0.05, 0) is 35.0 Å². The average Bonchev–Trinajstić information content (AvgIpc) is 3.00. The highest BCUT2D eigenvalue weighted by Crippen LogP contribution is 2.40. The van der Waals surface area contributed by atoms with Crippen LogP contribution in [-0.4, -0.2) is 7.11 Å². The number of nitrogens with zero attached hydrogens (tertiary/aromatic N) is 1. The highest BCUT2D eigenvalue weighted by atomic mass is 32.1.